The zero-order valence-electron chi connectivity index (χ0n) is 36.1. The average Bonchev–Trinajstić information content (AvgIpc) is 3.90. The zero-order valence-corrected chi connectivity index (χ0v) is 36.1. The van der Waals surface area contributed by atoms with Crippen LogP contribution in [0.15, 0.2) is 96.1 Å². The van der Waals surface area contributed by atoms with Crippen LogP contribution in [0.5, 0.6) is 0 Å². The largest absolute Gasteiger partial charge is 0.324 e. The van der Waals surface area contributed by atoms with E-state index in [1.54, 1.807) is 16.6 Å². The Bertz CT molecular complexity index is 2870. The van der Waals surface area contributed by atoms with Crippen LogP contribution >= 0.6 is 0 Å². The van der Waals surface area contributed by atoms with Gasteiger partial charge in [-0.15, -0.1) is 0 Å². The van der Waals surface area contributed by atoms with Crippen LogP contribution in [0.3, 0.4) is 0 Å². The highest BCUT2D eigenvalue weighted by Gasteiger charge is 2.60. The molecule has 0 saturated carbocycles. The van der Waals surface area contributed by atoms with Crippen LogP contribution in [-0.2, 0) is 19.3 Å². The third-order valence-electron chi connectivity index (χ3n) is 15.5. The normalized spacial score (nSPS) is 19.1. The summed E-state index contributed by atoms with van der Waals surface area (Å²) in [6.07, 6.45) is 4.54. The lowest BCUT2D eigenvalue weighted by molar-refractivity contribution is 0.315. The van der Waals surface area contributed by atoms with Gasteiger partial charge in [0.15, 0.2) is 0 Å². The van der Waals surface area contributed by atoms with E-state index < -0.39 is 0 Å². The standard InChI is InChI=1S/C55H55BN2/c1-11-31-24-34-27-44-57(43(34)26-32(31)12-2)42-23-21-39-37-16-13-14-17-38(37)46-47(39)49(42)51-50-48(46)40-25-33(45-35(29(3)4)18-15-19-36(45)30(5)6)20-22-41(40)56(50)52-53(58(44)51)55(9,10)28-54(52,7)8/h13-26,29-30,44H,11-12,27-28H2,1-10H3. The summed E-state index contributed by atoms with van der Waals surface area (Å²) in [6.45, 7) is 24.6. The summed E-state index contributed by atoms with van der Waals surface area (Å²) >= 11 is 0. The van der Waals surface area contributed by atoms with E-state index in [-0.39, 0.29) is 23.7 Å². The molecule has 6 aromatic rings. The SMILES string of the molecule is CCc1cc2c(cc1CC)N1c3ccc4c5c(c6c7c(c35)N(C3=C(B7c5ccc(-c7c(C(C)C)cccc7C(C)C)cc5-6)C(C)(C)CC3(C)C)C1C2)-c1ccccc1-4. The van der Waals surface area contributed by atoms with Gasteiger partial charge in [-0.3, -0.25) is 0 Å². The first-order valence-corrected chi connectivity index (χ1v) is 22.4. The van der Waals surface area contributed by atoms with Crippen molar-refractivity contribution in [2.45, 2.75) is 113 Å². The van der Waals surface area contributed by atoms with Gasteiger partial charge >= 0.3 is 0 Å². The van der Waals surface area contributed by atoms with Gasteiger partial charge in [-0.25, -0.2) is 0 Å². The summed E-state index contributed by atoms with van der Waals surface area (Å²) in [5.74, 6) is 0.872. The highest BCUT2D eigenvalue weighted by atomic mass is 15.4. The van der Waals surface area contributed by atoms with E-state index in [1.807, 2.05) is 0 Å². The molecule has 12 rings (SSSR count). The summed E-state index contributed by atoms with van der Waals surface area (Å²) in [5.41, 5.74) is 29.6. The molecule has 0 spiro atoms. The molecule has 0 radical (unpaired) electrons. The smallest absolute Gasteiger partial charge is 0.243 e. The maximum Gasteiger partial charge on any atom is 0.243 e. The van der Waals surface area contributed by atoms with Crippen molar-refractivity contribution in [2.75, 3.05) is 9.80 Å². The zero-order chi connectivity index (χ0) is 39.9. The van der Waals surface area contributed by atoms with Crippen molar-refractivity contribution in [3.63, 3.8) is 0 Å². The first-order chi connectivity index (χ1) is 27.9. The molecule has 0 bridgehead atoms. The van der Waals surface area contributed by atoms with Gasteiger partial charge in [-0.1, -0.05) is 147 Å². The summed E-state index contributed by atoms with van der Waals surface area (Å²) in [7, 11) is 0. The van der Waals surface area contributed by atoms with Gasteiger partial charge < -0.3 is 9.80 Å². The van der Waals surface area contributed by atoms with Crippen LogP contribution in [0.1, 0.15) is 115 Å². The lowest BCUT2D eigenvalue weighted by Gasteiger charge is -2.51. The van der Waals surface area contributed by atoms with Gasteiger partial charge in [-0.05, 0) is 133 Å². The Hall–Kier alpha value is -5.02. The Morgan fingerprint density at radius 3 is 2.05 bits per heavy atom. The lowest BCUT2D eigenvalue weighted by atomic mass is 9.33. The molecule has 4 heterocycles. The van der Waals surface area contributed by atoms with Crippen LogP contribution < -0.4 is 20.7 Å². The van der Waals surface area contributed by atoms with Crippen LogP contribution in [0.25, 0.3) is 55.3 Å². The van der Waals surface area contributed by atoms with E-state index in [0.717, 1.165) is 25.7 Å². The predicted octanol–water partition coefficient (Wildman–Crippen LogP) is 13.2. The molecule has 288 valence electrons. The number of nitrogens with zero attached hydrogens (tertiary/aromatic N) is 2. The number of fused-ring (bicyclic) bond motifs is 14. The molecule has 2 aliphatic carbocycles. The Balaban J connectivity index is 1.24. The van der Waals surface area contributed by atoms with Crippen molar-refractivity contribution in [3.05, 3.63) is 124 Å². The fourth-order valence-electron chi connectivity index (χ4n) is 13.6. The number of aryl methyl sites for hydroxylation is 2. The number of anilines is 3. The average molecular weight is 755 g/mol. The van der Waals surface area contributed by atoms with Crippen molar-refractivity contribution in [1.82, 2.24) is 0 Å². The minimum Gasteiger partial charge on any atom is -0.324 e. The molecule has 0 aromatic heterocycles. The van der Waals surface area contributed by atoms with E-state index in [2.05, 4.69) is 164 Å². The van der Waals surface area contributed by atoms with Gasteiger partial charge in [0.2, 0.25) is 6.71 Å². The van der Waals surface area contributed by atoms with E-state index in [0.29, 0.717) is 11.8 Å². The number of hydrogen-bond acceptors (Lipinski definition) is 2. The van der Waals surface area contributed by atoms with E-state index in [1.165, 1.54) is 106 Å². The maximum absolute atomic E-state index is 2.95. The molecule has 0 amide bonds. The first-order valence-electron chi connectivity index (χ1n) is 22.4. The molecular formula is C55H55BN2. The predicted molar refractivity (Wildman–Crippen MR) is 249 cm³/mol. The van der Waals surface area contributed by atoms with Crippen LogP contribution in [0.4, 0.5) is 17.1 Å². The molecule has 4 aliphatic heterocycles. The lowest BCUT2D eigenvalue weighted by Crippen LogP contribution is -2.57. The molecule has 58 heavy (non-hydrogen) atoms. The van der Waals surface area contributed by atoms with E-state index in [4.69, 9.17) is 0 Å². The highest BCUT2D eigenvalue weighted by molar-refractivity contribution is 6.97. The molecule has 0 saturated heterocycles. The Morgan fingerprint density at radius 1 is 0.638 bits per heavy atom. The Kier molecular flexibility index (Phi) is 6.86. The minimum atomic E-state index is 0.0224. The number of allylic oxidation sites excluding steroid dienone is 2. The fourth-order valence-corrected chi connectivity index (χ4v) is 13.6. The second-order valence-electron chi connectivity index (χ2n) is 20.4. The van der Waals surface area contributed by atoms with Gasteiger partial charge in [-0.2, -0.15) is 0 Å². The molecule has 0 fully saturated rings. The molecule has 1 unspecified atom stereocenters. The summed E-state index contributed by atoms with van der Waals surface area (Å²) in [6, 6.07) is 34.2. The third-order valence-corrected chi connectivity index (χ3v) is 15.5. The van der Waals surface area contributed by atoms with Crippen molar-refractivity contribution >= 4 is 45.5 Å². The topological polar surface area (TPSA) is 6.48 Å². The Labute approximate surface area is 346 Å². The molecule has 1 atom stereocenters. The highest BCUT2D eigenvalue weighted by Crippen LogP contribution is 2.66. The van der Waals surface area contributed by atoms with Crippen LogP contribution in [0.2, 0.25) is 0 Å². The van der Waals surface area contributed by atoms with E-state index >= 15 is 0 Å². The molecular weight excluding hydrogens is 699 g/mol. The summed E-state index contributed by atoms with van der Waals surface area (Å²) < 4.78 is 0. The number of rotatable bonds is 5. The van der Waals surface area contributed by atoms with Gasteiger partial charge in [0.05, 0.1) is 5.69 Å². The van der Waals surface area contributed by atoms with Gasteiger partial charge in [0.25, 0.3) is 0 Å². The molecule has 6 aromatic carbocycles. The summed E-state index contributed by atoms with van der Waals surface area (Å²) in [5, 5.41) is 2.94. The maximum atomic E-state index is 2.95. The van der Waals surface area contributed by atoms with Crippen molar-refractivity contribution in [1.29, 1.82) is 0 Å². The fraction of sp³-hybridized carbons (Fsp3) is 0.345. The molecule has 6 aliphatic rings. The number of benzene rings is 6. The second kappa shape index (κ2) is 11.4. The second-order valence-corrected chi connectivity index (χ2v) is 20.4. The molecule has 3 heteroatoms. The molecule has 0 N–H and O–H groups in total. The Morgan fingerprint density at radius 2 is 1.34 bits per heavy atom. The third kappa shape index (κ3) is 4.11. The van der Waals surface area contributed by atoms with Gasteiger partial charge in [0, 0.05) is 39.7 Å². The monoisotopic (exact) mass is 754 g/mol. The minimum absolute atomic E-state index is 0.0224. The van der Waals surface area contributed by atoms with Crippen LogP contribution in [-0.4, -0.2) is 12.9 Å². The summed E-state index contributed by atoms with van der Waals surface area (Å²) in [4.78, 5) is 5.75. The molecule has 2 nitrogen and oxygen atoms in total. The quantitative estimate of drug-likeness (QED) is 0.162. The van der Waals surface area contributed by atoms with Gasteiger partial charge in [0.1, 0.15) is 6.17 Å². The van der Waals surface area contributed by atoms with Crippen LogP contribution in [0, 0.1) is 10.8 Å². The van der Waals surface area contributed by atoms with E-state index in [9.17, 15) is 0 Å². The first kappa shape index (κ1) is 35.0. The number of hydrogen-bond donors (Lipinski definition) is 0. The van der Waals surface area contributed by atoms with Crippen molar-refractivity contribution in [3.8, 4) is 44.5 Å². The van der Waals surface area contributed by atoms with Crippen molar-refractivity contribution < 1.29 is 0 Å². The van der Waals surface area contributed by atoms with Crippen molar-refractivity contribution in [2.24, 2.45) is 10.8 Å².